The van der Waals surface area contributed by atoms with Crippen LogP contribution in [0.4, 0.5) is 0 Å². The first-order valence-electron chi connectivity index (χ1n) is 4.46. The van der Waals surface area contributed by atoms with Gasteiger partial charge < -0.3 is 10.6 Å². The van der Waals surface area contributed by atoms with Gasteiger partial charge in [-0.3, -0.25) is 9.69 Å². The minimum absolute atomic E-state index is 0.0741. The maximum absolute atomic E-state index is 11.1. The Morgan fingerprint density at radius 3 is 2.92 bits per heavy atom. The van der Waals surface area contributed by atoms with Crippen molar-refractivity contribution in [3.05, 3.63) is 0 Å². The normalized spacial score (nSPS) is 37.2. The Morgan fingerprint density at radius 2 is 2.42 bits per heavy atom. The first kappa shape index (κ1) is 8.01. The average Bonchev–Trinajstić information content (AvgIpc) is 2.29. The van der Waals surface area contributed by atoms with Gasteiger partial charge in [0, 0.05) is 6.54 Å². The highest BCUT2D eigenvalue weighted by molar-refractivity contribution is 5.81. The molecule has 1 spiro atoms. The molecular weight excluding hydrogens is 154 g/mol. The van der Waals surface area contributed by atoms with Crippen LogP contribution in [0.1, 0.15) is 12.8 Å². The second-order valence-electron chi connectivity index (χ2n) is 3.72. The molecule has 68 valence electrons. The van der Waals surface area contributed by atoms with E-state index in [1.807, 2.05) is 7.05 Å². The molecule has 0 saturated carbocycles. The second kappa shape index (κ2) is 2.71. The predicted molar refractivity (Wildman–Crippen MR) is 45.6 cm³/mol. The van der Waals surface area contributed by atoms with E-state index < -0.39 is 0 Å². The molecule has 2 fully saturated rings. The van der Waals surface area contributed by atoms with Crippen molar-refractivity contribution < 1.29 is 4.79 Å². The smallest absolute Gasteiger partial charge is 0.235 e. The highest BCUT2D eigenvalue weighted by Gasteiger charge is 2.42. The first-order valence-corrected chi connectivity index (χ1v) is 4.46. The Kier molecular flexibility index (Phi) is 1.81. The number of nitrogens with one attached hydrogen (secondary N) is 2. The van der Waals surface area contributed by atoms with Crippen LogP contribution in [0.25, 0.3) is 0 Å². The molecule has 2 rings (SSSR count). The van der Waals surface area contributed by atoms with E-state index in [2.05, 4.69) is 15.5 Å². The lowest BCUT2D eigenvalue weighted by atomic mass is 10.00. The molecule has 12 heavy (non-hydrogen) atoms. The number of likely N-dealkylation sites (N-methyl/N-ethyl adjacent to an activating group) is 1. The number of nitrogens with zero attached hydrogens (tertiary/aromatic N) is 1. The van der Waals surface area contributed by atoms with Gasteiger partial charge in [0.25, 0.3) is 0 Å². The zero-order valence-electron chi connectivity index (χ0n) is 7.39. The Bertz CT molecular complexity index is 198. The lowest BCUT2D eigenvalue weighted by molar-refractivity contribution is -0.119. The van der Waals surface area contributed by atoms with Gasteiger partial charge in [0.05, 0.1) is 6.54 Å². The van der Waals surface area contributed by atoms with E-state index in [-0.39, 0.29) is 11.6 Å². The minimum Gasteiger partial charge on any atom is -0.336 e. The summed E-state index contributed by atoms with van der Waals surface area (Å²) in [6, 6.07) is 0. The van der Waals surface area contributed by atoms with Gasteiger partial charge in [0.15, 0.2) is 0 Å². The molecular formula is C8H15N3O. The zero-order valence-corrected chi connectivity index (χ0v) is 7.39. The van der Waals surface area contributed by atoms with Crippen LogP contribution in [0.3, 0.4) is 0 Å². The van der Waals surface area contributed by atoms with E-state index in [1.54, 1.807) is 0 Å². The van der Waals surface area contributed by atoms with Gasteiger partial charge >= 0.3 is 0 Å². The Balaban J connectivity index is 2.13. The van der Waals surface area contributed by atoms with E-state index in [1.165, 1.54) is 0 Å². The van der Waals surface area contributed by atoms with Crippen molar-refractivity contribution in [3.63, 3.8) is 0 Å². The molecule has 4 heteroatoms. The van der Waals surface area contributed by atoms with Crippen molar-refractivity contribution in [2.75, 3.05) is 26.7 Å². The van der Waals surface area contributed by atoms with Crippen LogP contribution >= 0.6 is 0 Å². The van der Waals surface area contributed by atoms with E-state index in [9.17, 15) is 4.79 Å². The molecule has 0 unspecified atom stereocenters. The number of hydrogen-bond acceptors (Lipinski definition) is 3. The van der Waals surface area contributed by atoms with Crippen molar-refractivity contribution in [1.82, 2.24) is 15.5 Å². The van der Waals surface area contributed by atoms with Crippen molar-refractivity contribution in [3.8, 4) is 0 Å². The lowest BCUT2D eigenvalue weighted by Crippen LogP contribution is -2.59. The van der Waals surface area contributed by atoms with Gasteiger partial charge in [-0.15, -0.1) is 0 Å². The van der Waals surface area contributed by atoms with E-state index in [0.29, 0.717) is 6.54 Å². The quantitative estimate of drug-likeness (QED) is 0.495. The minimum atomic E-state index is -0.0741. The summed E-state index contributed by atoms with van der Waals surface area (Å²) in [5.74, 6) is 0.154. The standard InChI is InChI=1S/C8H15N3O/c1-11-5-7(12)10-8(11)3-2-4-9-6-8/h9H,2-6H2,1H3,(H,10,12)/t8-/m1/s1. The maximum atomic E-state index is 11.1. The molecule has 1 amide bonds. The second-order valence-corrected chi connectivity index (χ2v) is 3.72. The number of amides is 1. The van der Waals surface area contributed by atoms with Crippen LogP contribution in [0, 0.1) is 0 Å². The highest BCUT2D eigenvalue weighted by atomic mass is 16.2. The summed E-state index contributed by atoms with van der Waals surface area (Å²) in [7, 11) is 2.00. The number of piperidine rings is 1. The molecule has 0 radical (unpaired) electrons. The van der Waals surface area contributed by atoms with Crippen molar-refractivity contribution in [1.29, 1.82) is 0 Å². The van der Waals surface area contributed by atoms with Crippen LogP contribution in [0.2, 0.25) is 0 Å². The Morgan fingerprint density at radius 1 is 1.58 bits per heavy atom. The Hall–Kier alpha value is -0.610. The van der Waals surface area contributed by atoms with Crippen molar-refractivity contribution in [2.45, 2.75) is 18.5 Å². The van der Waals surface area contributed by atoms with Gasteiger partial charge in [-0.2, -0.15) is 0 Å². The fraction of sp³-hybridized carbons (Fsp3) is 0.875. The molecule has 0 aromatic carbocycles. The zero-order chi connectivity index (χ0) is 8.60. The SMILES string of the molecule is CN1CC(=O)N[C@]12CCCNC2. The summed E-state index contributed by atoms with van der Waals surface area (Å²) < 4.78 is 0. The van der Waals surface area contributed by atoms with Crippen LogP contribution < -0.4 is 10.6 Å². The Labute approximate surface area is 72.3 Å². The molecule has 1 atom stereocenters. The summed E-state index contributed by atoms with van der Waals surface area (Å²) in [4.78, 5) is 13.3. The van der Waals surface area contributed by atoms with Gasteiger partial charge in [0.2, 0.25) is 5.91 Å². The highest BCUT2D eigenvalue weighted by Crippen LogP contribution is 2.23. The van der Waals surface area contributed by atoms with Crippen molar-refractivity contribution in [2.24, 2.45) is 0 Å². The third-order valence-corrected chi connectivity index (χ3v) is 2.84. The largest absolute Gasteiger partial charge is 0.336 e. The van der Waals surface area contributed by atoms with Crippen LogP contribution in [-0.2, 0) is 4.79 Å². The molecule has 2 heterocycles. The fourth-order valence-corrected chi connectivity index (χ4v) is 2.08. The molecule has 2 aliphatic rings. The summed E-state index contributed by atoms with van der Waals surface area (Å²) in [6.07, 6.45) is 2.22. The van der Waals surface area contributed by atoms with Crippen molar-refractivity contribution >= 4 is 5.91 Å². The summed E-state index contributed by atoms with van der Waals surface area (Å²) in [6.45, 7) is 2.50. The van der Waals surface area contributed by atoms with E-state index in [4.69, 9.17) is 0 Å². The number of carbonyl (C=O) groups is 1. The molecule has 2 saturated heterocycles. The molecule has 0 aliphatic carbocycles. The molecule has 0 aromatic rings. The summed E-state index contributed by atoms with van der Waals surface area (Å²) in [5, 5.41) is 6.36. The van der Waals surface area contributed by atoms with Crippen LogP contribution in [-0.4, -0.2) is 43.2 Å². The monoisotopic (exact) mass is 169 g/mol. The molecule has 0 aromatic heterocycles. The first-order chi connectivity index (χ1) is 5.73. The lowest BCUT2D eigenvalue weighted by Gasteiger charge is -2.38. The van der Waals surface area contributed by atoms with Gasteiger partial charge in [-0.1, -0.05) is 0 Å². The molecule has 2 N–H and O–H groups in total. The third-order valence-electron chi connectivity index (χ3n) is 2.84. The maximum Gasteiger partial charge on any atom is 0.235 e. The van der Waals surface area contributed by atoms with Gasteiger partial charge in [0.1, 0.15) is 5.66 Å². The summed E-state index contributed by atoms with van der Waals surface area (Å²) in [5.41, 5.74) is -0.0741. The number of rotatable bonds is 0. The van der Waals surface area contributed by atoms with Crippen LogP contribution in [0.15, 0.2) is 0 Å². The topological polar surface area (TPSA) is 44.4 Å². The molecule has 0 bridgehead atoms. The van der Waals surface area contributed by atoms with Gasteiger partial charge in [-0.05, 0) is 26.4 Å². The van der Waals surface area contributed by atoms with Crippen LogP contribution in [0.5, 0.6) is 0 Å². The van der Waals surface area contributed by atoms with Gasteiger partial charge in [-0.25, -0.2) is 0 Å². The average molecular weight is 169 g/mol. The summed E-state index contributed by atoms with van der Waals surface area (Å²) >= 11 is 0. The third kappa shape index (κ3) is 1.11. The predicted octanol–water partition coefficient (Wildman–Crippen LogP) is -0.872. The molecule has 4 nitrogen and oxygen atoms in total. The molecule has 2 aliphatic heterocycles. The fourth-order valence-electron chi connectivity index (χ4n) is 2.08. The van der Waals surface area contributed by atoms with E-state index >= 15 is 0 Å². The number of carbonyl (C=O) groups excluding carboxylic acids is 1. The number of hydrogen-bond donors (Lipinski definition) is 2. The van der Waals surface area contributed by atoms with E-state index in [0.717, 1.165) is 25.9 Å².